The minimum Gasteiger partial charge on any atom is -0.258 e. The van der Waals surface area contributed by atoms with Crippen molar-refractivity contribution < 1.29 is 4.92 Å². The minimum absolute atomic E-state index is 0.106. The largest absolute Gasteiger partial charge is 0.270 e. The third-order valence-electron chi connectivity index (χ3n) is 6.60. The molecule has 3 heteroatoms. The average Bonchev–Trinajstić information content (AvgIpc) is 2.88. The van der Waals surface area contributed by atoms with Crippen molar-refractivity contribution in [3.05, 3.63) is 125 Å². The average molecular weight is 440 g/mol. The molecule has 0 amide bonds. The number of aryl methyl sites for hydroxylation is 1. The summed E-state index contributed by atoms with van der Waals surface area (Å²) in [6.07, 6.45) is 0. The Bertz CT molecular complexity index is 1720. The molecule has 0 atom stereocenters. The van der Waals surface area contributed by atoms with E-state index >= 15 is 0 Å². The summed E-state index contributed by atoms with van der Waals surface area (Å²) >= 11 is 0. The van der Waals surface area contributed by atoms with Crippen molar-refractivity contribution in [2.75, 3.05) is 0 Å². The predicted molar refractivity (Wildman–Crippen MR) is 141 cm³/mol. The molecule has 0 bridgehead atoms. The number of rotatable bonds is 3. The van der Waals surface area contributed by atoms with Gasteiger partial charge in [-0.3, -0.25) is 10.1 Å². The van der Waals surface area contributed by atoms with Crippen LogP contribution in [0.25, 0.3) is 54.6 Å². The van der Waals surface area contributed by atoms with Crippen molar-refractivity contribution in [2.45, 2.75) is 6.92 Å². The summed E-state index contributed by atoms with van der Waals surface area (Å²) in [7, 11) is 0. The molecule has 0 N–H and O–H groups in total. The molecule has 0 saturated heterocycles. The van der Waals surface area contributed by atoms with Crippen LogP contribution in [0.4, 0.5) is 5.69 Å². The quantitative estimate of drug-likeness (QED) is 0.157. The van der Waals surface area contributed by atoms with E-state index < -0.39 is 0 Å². The second-order valence-corrected chi connectivity index (χ2v) is 8.71. The van der Waals surface area contributed by atoms with Gasteiger partial charge in [0.05, 0.1) is 4.92 Å². The highest BCUT2D eigenvalue weighted by molar-refractivity contribution is 6.29. The topological polar surface area (TPSA) is 43.1 Å². The fraction of sp³-hybridized carbons (Fsp3) is 0.0323. The minimum atomic E-state index is -0.322. The highest BCUT2D eigenvalue weighted by Crippen LogP contribution is 2.43. The van der Waals surface area contributed by atoms with E-state index in [4.69, 9.17) is 0 Å². The molecule has 6 aromatic carbocycles. The Morgan fingerprint density at radius 2 is 1.24 bits per heavy atom. The van der Waals surface area contributed by atoms with Gasteiger partial charge in [-0.05, 0) is 79.7 Å². The van der Waals surface area contributed by atoms with Crippen LogP contribution in [0.15, 0.2) is 109 Å². The Balaban J connectivity index is 1.83. The smallest absolute Gasteiger partial charge is 0.258 e. The van der Waals surface area contributed by atoms with Crippen LogP contribution >= 0.6 is 0 Å². The van der Waals surface area contributed by atoms with Gasteiger partial charge in [0, 0.05) is 12.1 Å². The van der Waals surface area contributed by atoms with E-state index in [9.17, 15) is 10.1 Å². The normalized spacial score (nSPS) is 11.3. The Morgan fingerprint density at radius 3 is 1.94 bits per heavy atom. The number of non-ortho nitro benzene ring substituents is 1. The number of nitro benzene ring substituents is 1. The highest BCUT2D eigenvalue weighted by atomic mass is 16.6. The fourth-order valence-corrected chi connectivity index (χ4v) is 4.94. The monoisotopic (exact) mass is 439 g/mol. The number of benzene rings is 6. The molecule has 6 aromatic rings. The van der Waals surface area contributed by atoms with Gasteiger partial charge in [0.2, 0.25) is 0 Å². The number of fused-ring (bicyclic) bond motifs is 6. The molecule has 0 fully saturated rings. The van der Waals surface area contributed by atoms with Crippen LogP contribution in [0.1, 0.15) is 5.56 Å². The van der Waals surface area contributed by atoms with Gasteiger partial charge >= 0.3 is 0 Å². The van der Waals surface area contributed by atoms with Crippen molar-refractivity contribution in [1.29, 1.82) is 0 Å². The van der Waals surface area contributed by atoms with Gasteiger partial charge in [-0.1, -0.05) is 84.4 Å². The summed E-state index contributed by atoms with van der Waals surface area (Å²) in [5, 5.41) is 17.9. The van der Waals surface area contributed by atoms with Gasteiger partial charge in [-0.2, -0.15) is 0 Å². The summed E-state index contributed by atoms with van der Waals surface area (Å²) in [5.41, 5.74) is 5.89. The van der Waals surface area contributed by atoms with Gasteiger partial charge < -0.3 is 0 Å². The van der Waals surface area contributed by atoms with Gasteiger partial charge in [0.1, 0.15) is 0 Å². The molecule has 0 spiro atoms. The molecule has 3 nitrogen and oxygen atoms in total. The molecule has 162 valence electrons. The Kier molecular flexibility index (Phi) is 4.63. The zero-order valence-corrected chi connectivity index (χ0v) is 18.7. The number of hydrogen-bond donors (Lipinski definition) is 0. The van der Waals surface area contributed by atoms with Crippen molar-refractivity contribution in [1.82, 2.24) is 0 Å². The first-order valence-corrected chi connectivity index (χ1v) is 11.3. The maximum Gasteiger partial charge on any atom is 0.270 e. The maximum absolute atomic E-state index is 11.6. The molecular weight excluding hydrogens is 418 g/mol. The molecule has 0 aromatic heterocycles. The number of hydrogen-bond acceptors (Lipinski definition) is 2. The first kappa shape index (κ1) is 20.1. The second-order valence-electron chi connectivity index (χ2n) is 8.71. The van der Waals surface area contributed by atoms with Crippen LogP contribution in [0.2, 0.25) is 0 Å². The van der Waals surface area contributed by atoms with Crippen molar-refractivity contribution in [3.8, 4) is 22.3 Å². The zero-order chi connectivity index (χ0) is 23.2. The maximum atomic E-state index is 11.6. The Hall–Kier alpha value is -4.50. The molecule has 0 aliphatic rings. The van der Waals surface area contributed by atoms with Gasteiger partial charge in [-0.25, -0.2) is 0 Å². The van der Waals surface area contributed by atoms with E-state index in [1.807, 2.05) is 36.4 Å². The number of nitrogens with zero attached hydrogens (tertiary/aromatic N) is 1. The molecule has 34 heavy (non-hydrogen) atoms. The first-order chi connectivity index (χ1) is 16.6. The highest BCUT2D eigenvalue weighted by Gasteiger charge is 2.17. The fourth-order valence-electron chi connectivity index (χ4n) is 4.94. The van der Waals surface area contributed by atoms with Gasteiger partial charge in [-0.15, -0.1) is 0 Å². The Morgan fingerprint density at radius 1 is 0.559 bits per heavy atom. The van der Waals surface area contributed by atoms with Crippen LogP contribution in [-0.2, 0) is 0 Å². The Labute approximate surface area is 197 Å². The molecule has 0 radical (unpaired) electrons. The van der Waals surface area contributed by atoms with E-state index in [1.54, 1.807) is 12.1 Å². The van der Waals surface area contributed by atoms with Crippen molar-refractivity contribution in [3.63, 3.8) is 0 Å². The molecular formula is C31H21NO2. The van der Waals surface area contributed by atoms with E-state index in [-0.39, 0.29) is 10.6 Å². The first-order valence-electron chi connectivity index (χ1n) is 11.3. The van der Waals surface area contributed by atoms with Gasteiger partial charge in [0.15, 0.2) is 0 Å². The summed E-state index contributed by atoms with van der Waals surface area (Å²) in [6, 6.07) is 36.9. The van der Waals surface area contributed by atoms with Crippen LogP contribution in [0.5, 0.6) is 0 Å². The standard InChI is InChI=1S/C31H21NO2/c1-20-11-13-21(14-12-20)23-17-28(22-7-3-2-4-8-22)31-27-16-15-24(32(33)34)19-29(27)25-9-5-6-10-26(25)30(31)18-23/h2-19H,1H3. The van der Waals surface area contributed by atoms with E-state index in [1.165, 1.54) is 5.56 Å². The van der Waals surface area contributed by atoms with E-state index in [2.05, 4.69) is 67.6 Å². The lowest BCUT2D eigenvalue weighted by atomic mass is 9.86. The molecule has 0 heterocycles. The molecule has 0 aliphatic carbocycles. The summed E-state index contributed by atoms with van der Waals surface area (Å²) < 4.78 is 0. The molecule has 6 rings (SSSR count). The van der Waals surface area contributed by atoms with Crippen LogP contribution < -0.4 is 0 Å². The second kappa shape index (κ2) is 7.82. The molecule has 0 unspecified atom stereocenters. The molecule has 0 saturated carbocycles. The lowest BCUT2D eigenvalue weighted by Crippen LogP contribution is -1.92. The molecule has 0 aliphatic heterocycles. The summed E-state index contributed by atoms with van der Waals surface area (Å²) in [5.74, 6) is 0. The summed E-state index contributed by atoms with van der Waals surface area (Å²) in [4.78, 5) is 11.2. The third-order valence-corrected chi connectivity index (χ3v) is 6.60. The number of nitro groups is 1. The predicted octanol–water partition coefficient (Wildman–Crippen LogP) is 8.70. The van der Waals surface area contributed by atoms with E-state index in [0.717, 1.165) is 54.6 Å². The SMILES string of the molecule is Cc1ccc(-c2cc(-c3ccccc3)c3c4ccc([N+](=O)[O-])cc4c4ccccc4c3c2)cc1. The van der Waals surface area contributed by atoms with Crippen LogP contribution in [-0.4, -0.2) is 4.92 Å². The van der Waals surface area contributed by atoms with Crippen molar-refractivity contribution in [2.24, 2.45) is 0 Å². The third kappa shape index (κ3) is 3.22. The van der Waals surface area contributed by atoms with E-state index in [0.29, 0.717) is 0 Å². The van der Waals surface area contributed by atoms with Gasteiger partial charge in [0.25, 0.3) is 5.69 Å². The summed E-state index contributed by atoms with van der Waals surface area (Å²) in [6.45, 7) is 2.10. The van der Waals surface area contributed by atoms with Crippen molar-refractivity contribution >= 4 is 38.0 Å². The lowest BCUT2D eigenvalue weighted by molar-refractivity contribution is -0.384. The van der Waals surface area contributed by atoms with Crippen LogP contribution in [0, 0.1) is 17.0 Å². The zero-order valence-electron chi connectivity index (χ0n) is 18.7. The lowest BCUT2D eigenvalue weighted by Gasteiger charge is -2.17. The van der Waals surface area contributed by atoms with Crippen LogP contribution in [0.3, 0.4) is 0 Å².